The van der Waals surface area contributed by atoms with Gasteiger partial charge in [-0.05, 0) is 43.2 Å². The van der Waals surface area contributed by atoms with E-state index in [9.17, 15) is 9.59 Å². The van der Waals surface area contributed by atoms with Gasteiger partial charge in [0, 0.05) is 11.6 Å². The van der Waals surface area contributed by atoms with Crippen LogP contribution in [0.15, 0.2) is 47.6 Å². The molecule has 34 heavy (non-hydrogen) atoms. The van der Waals surface area contributed by atoms with Crippen molar-refractivity contribution in [3.05, 3.63) is 68.9 Å². The number of benzene rings is 2. The van der Waals surface area contributed by atoms with Crippen LogP contribution in [-0.4, -0.2) is 32.3 Å². The minimum absolute atomic E-state index is 0.0362. The largest absolute Gasteiger partial charge is 0.342 e. The van der Waals surface area contributed by atoms with E-state index in [-0.39, 0.29) is 23.5 Å². The third kappa shape index (κ3) is 6.44. The molecule has 3 aromatic rings. The highest BCUT2D eigenvalue weighted by molar-refractivity contribution is 7.99. The Kier molecular flexibility index (Phi) is 9.24. The number of amides is 2. The van der Waals surface area contributed by atoms with Gasteiger partial charge in [-0.15, -0.1) is 10.2 Å². The number of hydrogen-bond acceptors (Lipinski definition) is 5. The average molecular weight is 541 g/mol. The number of thioether (sulfide) groups is 1. The SMILES string of the molecule is CCn1c(SCC(=O)Nc2ccc(Cl)cc2Cl)nnc1[C@@H](NC(=O)c1ccccc1Cl)C(C)C. The number of anilines is 1. The molecule has 180 valence electrons. The first kappa shape index (κ1) is 26.3. The van der Waals surface area contributed by atoms with E-state index in [1.807, 2.05) is 25.3 Å². The van der Waals surface area contributed by atoms with Gasteiger partial charge in [0.15, 0.2) is 11.0 Å². The van der Waals surface area contributed by atoms with Crippen LogP contribution in [-0.2, 0) is 11.3 Å². The van der Waals surface area contributed by atoms with E-state index < -0.39 is 6.04 Å². The molecule has 0 aliphatic carbocycles. The maximum absolute atomic E-state index is 12.9. The minimum atomic E-state index is -0.396. The van der Waals surface area contributed by atoms with Crippen LogP contribution >= 0.6 is 46.6 Å². The second-order valence-electron chi connectivity index (χ2n) is 7.72. The Hall–Kier alpha value is -2.26. The summed E-state index contributed by atoms with van der Waals surface area (Å²) in [5, 5.41) is 16.2. The third-order valence-electron chi connectivity index (χ3n) is 4.95. The topological polar surface area (TPSA) is 88.9 Å². The molecule has 3 rings (SSSR count). The highest BCUT2D eigenvalue weighted by atomic mass is 35.5. The van der Waals surface area contributed by atoms with Crippen molar-refractivity contribution in [1.29, 1.82) is 0 Å². The van der Waals surface area contributed by atoms with Gasteiger partial charge in [0.2, 0.25) is 5.91 Å². The van der Waals surface area contributed by atoms with E-state index in [0.717, 1.165) is 0 Å². The Morgan fingerprint density at radius 3 is 2.44 bits per heavy atom. The lowest BCUT2D eigenvalue weighted by atomic mass is 10.0. The fourth-order valence-corrected chi connectivity index (χ4v) is 4.72. The monoisotopic (exact) mass is 539 g/mol. The number of halogens is 3. The molecule has 0 saturated carbocycles. The molecule has 1 heterocycles. The molecule has 2 N–H and O–H groups in total. The number of carbonyl (C=O) groups is 2. The van der Waals surface area contributed by atoms with Gasteiger partial charge in [0.25, 0.3) is 5.91 Å². The fourth-order valence-electron chi connectivity index (χ4n) is 3.24. The van der Waals surface area contributed by atoms with Crippen LogP contribution in [0, 0.1) is 5.92 Å². The molecule has 2 aromatic carbocycles. The smallest absolute Gasteiger partial charge is 0.253 e. The number of aromatic nitrogens is 3. The molecule has 0 fully saturated rings. The van der Waals surface area contributed by atoms with Gasteiger partial charge < -0.3 is 15.2 Å². The second kappa shape index (κ2) is 11.9. The molecule has 1 atom stereocenters. The van der Waals surface area contributed by atoms with Crippen molar-refractivity contribution < 1.29 is 9.59 Å². The lowest BCUT2D eigenvalue weighted by Gasteiger charge is -2.22. The fraction of sp³-hybridized carbons (Fsp3) is 0.304. The van der Waals surface area contributed by atoms with Crippen molar-refractivity contribution in [1.82, 2.24) is 20.1 Å². The number of rotatable bonds is 9. The lowest BCUT2D eigenvalue weighted by Crippen LogP contribution is -2.34. The van der Waals surface area contributed by atoms with Crippen LogP contribution in [0.4, 0.5) is 5.69 Å². The summed E-state index contributed by atoms with van der Waals surface area (Å²) in [6.45, 7) is 6.50. The maximum atomic E-state index is 12.9. The summed E-state index contributed by atoms with van der Waals surface area (Å²) >= 11 is 19.5. The average Bonchev–Trinajstić information content (AvgIpc) is 3.20. The van der Waals surface area contributed by atoms with Gasteiger partial charge in [0.1, 0.15) is 0 Å². The predicted octanol–water partition coefficient (Wildman–Crippen LogP) is 6.12. The van der Waals surface area contributed by atoms with Crippen LogP contribution in [0.5, 0.6) is 0 Å². The molecule has 0 spiro atoms. The number of nitrogens with one attached hydrogen (secondary N) is 2. The molecule has 0 bridgehead atoms. The molecule has 0 saturated heterocycles. The molecule has 7 nitrogen and oxygen atoms in total. The summed E-state index contributed by atoms with van der Waals surface area (Å²) in [5.41, 5.74) is 0.876. The van der Waals surface area contributed by atoms with Crippen LogP contribution in [0.2, 0.25) is 15.1 Å². The van der Waals surface area contributed by atoms with Gasteiger partial charge in [-0.2, -0.15) is 0 Å². The van der Waals surface area contributed by atoms with Crippen molar-refractivity contribution in [3.8, 4) is 0 Å². The van der Waals surface area contributed by atoms with Crippen molar-refractivity contribution in [2.75, 3.05) is 11.1 Å². The molecule has 2 amide bonds. The van der Waals surface area contributed by atoms with Gasteiger partial charge in [-0.3, -0.25) is 9.59 Å². The van der Waals surface area contributed by atoms with E-state index in [2.05, 4.69) is 20.8 Å². The van der Waals surface area contributed by atoms with Crippen LogP contribution < -0.4 is 10.6 Å². The Balaban J connectivity index is 1.72. The minimum Gasteiger partial charge on any atom is -0.342 e. The van der Waals surface area contributed by atoms with Gasteiger partial charge in [-0.1, -0.05) is 72.5 Å². The summed E-state index contributed by atoms with van der Waals surface area (Å²) in [5.74, 6) is 0.225. The Labute approximate surface area is 217 Å². The molecule has 0 unspecified atom stereocenters. The van der Waals surface area contributed by atoms with Crippen LogP contribution in [0.3, 0.4) is 0 Å². The van der Waals surface area contributed by atoms with Crippen molar-refractivity contribution in [3.63, 3.8) is 0 Å². The van der Waals surface area contributed by atoms with E-state index in [0.29, 0.717) is 43.8 Å². The molecular weight excluding hydrogens is 517 g/mol. The Bertz CT molecular complexity index is 1190. The van der Waals surface area contributed by atoms with Gasteiger partial charge in [-0.25, -0.2) is 0 Å². The maximum Gasteiger partial charge on any atom is 0.253 e. The first-order valence-corrected chi connectivity index (χ1v) is 12.7. The lowest BCUT2D eigenvalue weighted by molar-refractivity contribution is -0.113. The van der Waals surface area contributed by atoms with Crippen molar-refractivity contribution >= 4 is 64.1 Å². The van der Waals surface area contributed by atoms with E-state index >= 15 is 0 Å². The number of nitrogens with zero attached hydrogens (tertiary/aromatic N) is 3. The highest BCUT2D eigenvalue weighted by Gasteiger charge is 2.26. The Morgan fingerprint density at radius 1 is 1.06 bits per heavy atom. The quantitative estimate of drug-likeness (QED) is 0.319. The predicted molar refractivity (Wildman–Crippen MR) is 138 cm³/mol. The van der Waals surface area contributed by atoms with E-state index in [1.165, 1.54) is 11.8 Å². The molecule has 0 aliphatic rings. The van der Waals surface area contributed by atoms with Crippen LogP contribution in [0.1, 0.15) is 43.0 Å². The summed E-state index contributed by atoms with van der Waals surface area (Å²) in [6, 6.07) is 11.3. The van der Waals surface area contributed by atoms with E-state index in [4.69, 9.17) is 34.8 Å². The van der Waals surface area contributed by atoms with Gasteiger partial charge >= 0.3 is 0 Å². The normalized spacial score (nSPS) is 12.0. The van der Waals surface area contributed by atoms with Crippen LogP contribution in [0.25, 0.3) is 0 Å². The first-order chi connectivity index (χ1) is 16.2. The molecule has 1 aromatic heterocycles. The first-order valence-electron chi connectivity index (χ1n) is 10.6. The van der Waals surface area contributed by atoms with E-state index in [1.54, 1.807) is 42.5 Å². The highest BCUT2D eigenvalue weighted by Crippen LogP contribution is 2.28. The summed E-state index contributed by atoms with van der Waals surface area (Å²) in [7, 11) is 0. The van der Waals surface area contributed by atoms with Gasteiger partial charge in [0.05, 0.1) is 33.1 Å². The zero-order valence-electron chi connectivity index (χ0n) is 18.8. The van der Waals surface area contributed by atoms with Crippen molar-refractivity contribution in [2.24, 2.45) is 5.92 Å². The number of carbonyl (C=O) groups excluding carboxylic acids is 2. The molecule has 11 heteroatoms. The standard InChI is InChI=1S/C23H24Cl3N5O2S/c1-4-31-21(20(13(2)3)28-22(33)15-7-5-6-8-16(15)25)29-30-23(31)34-12-19(32)27-18-10-9-14(24)11-17(18)26/h5-11,13,20H,4,12H2,1-3H3,(H,27,32)(H,28,33)/t20-/m0/s1. The summed E-state index contributed by atoms with van der Waals surface area (Å²) in [6.07, 6.45) is 0. The molecule has 0 aliphatic heterocycles. The number of hydrogen-bond donors (Lipinski definition) is 2. The zero-order valence-corrected chi connectivity index (χ0v) is 21.9. The van der Waals surface area contributed by atoms with Crippen molar-refractivity contribution in [2.45, 2.75) is 38.5 Å². The Morgan fingerprint density at radius 2 is 1.79 bits per heavy atom. The third-order valence-corrected chi connectivity index (χ3v) is 6.79. The summed E-state index contributed by atoms with van der Waals surface area (Å²) < 4.78 is 1.89. The molecule has 0 radical (unpaired) electrons. The second-order valence-corrected chi connectivity index (χ2v) is 9.91. The summed E-state index contributed by atoms with van der Waals surface area (Å²) in [4.78, 5) is 25.3. The zero-order chi connectivity index (χ0) is 24.8. The molecular formula is C23H24Cl3N5O2S.